The Hall–Kier alpha value is -3.15. The van der Waals surface area contributed by atoms with Gasteiger partial charge in [-0.25, -0.2) is 0 Å². The third-order valence-electron chi connectivity index (χ3n) is 3.69. The smallest absolute Gasteiger partial charge is 0.268 e. The third kappa shape index (κ3) is 3.43. The average molecular weight is 323 g/mol. The molecule has 2 N–H and O–H groups in total. The fraction of sp³-hybridized carbons (Fsp3) is 0.167. The van der Waals surface area contributed by atoms with Crippen LogP contribution in [0.15, 0.2) is 59.8 Å². The molecule has 1 aliphatic heterocycles. The third-order valence-corrected chi connectivity index (χ3v) is 3.69. The van der Waals surface area contributed by atoms with Crippen molar-refractivity contribution in [1.82, 2.24) is 5.32 Å². The molecular formula is C18H17N3O3. The molecule has 1 atom stereocenters. The fourth-order valence-electron chi connectivity index (χ4n) is 2.42. The molecule has 0 bridgehead atoms. The quantitative estimate of drug-likeness (QED) is 0.905. The molecule has 0 fully saturated rings. The Bertz CT molecular complexity index is 787. The second kappa shape index (κ2) is 6.95. The number of nitrogens with one attached hydrogen (secondary N) is 2. The van der Waals surface area contributed by atoms with E-state index in [1.165, 1.54) is 0 Å². The molecule has 122 valence electrons. The molecule has 1 heterocycles. The van der Waals surface area contributed by atoms with E-state index in [0.717, 1.165) is 11.3 Å². The number of carbonyl (C=O) groups is 2. The van der Waals surface area contributed by atoms with Crippen molar-refractivity contribution in [3.8, 4) is 0 Å². The highest BCUT2D eigenvalue weighted by molar-refractivity contribution is 6.06. The van der Waals surface area contributed by atoms with Gasteiger partial charge in [-0.1, -0.05) is 41.6 Å². The first kappa shape index (κ1) is 15.7. The summed E-state index contributed by atoms with van der Waals surface area (Å²) in [6.45, 7) is 0. The maximum atomic E-state index is 12.3. The van der Waals surface area contributed by atoms with Gasteiger partial charge in [0.1, 0.15) is 0 Å². The molecule has 6 nitrogen and oxygen atoms in total. The summed E-state index contributed by atoms with van der Waals surface area (Å²) in [7, 11) is 1.56. The van der Waals surface area contributed by atoms with Gasteiger partial charge in [-0.2, -0.15) is 0 Å². The van der Waals surface area contributed by atoms with Crippen LogP contribution in [0.25, 0.3) is 0 Å². The zero-order valence-electron chi connectivity index (χ0n) is 13.2. The summed E-state index contributed by atoms with van der Waals surface area (Å²) in [6, 6.07) is 16.3. The van der Waals surface area contributed by atoms with Crippen LogP contribution >= 0.6 is 0 Å². The summed E-state index contributed by atoms with van der Waals surface area (Å²) >= 11 is 0. The van der Waals surface area contributed by atoms with Crippen molar-refractivity contribution < 1.29 is 14.4 Å². The second-order valence-corrected chi connectivity index (χ2v) is 5.35. The van der Waals surface area contributed by atoms with E-state index >= 15 is 0 Å². The lowest BCUT2D eigenvalue weighted by molar-refractivity contribution is -0.125. The number of hydrogen-bond acceptors (Lipinski definition) is 4. The molecule has 2 aromatic rings. The zero-order chi connectivity index (χ0) is 16.9. The number of anilines is 1. The van der Waals surface area contributed by atoms with Crippen LogP contribution in [0.2, 0.25) is 0 Å². The molecule has 1 unspecified atom stereocenters. The number of nitrogens with zero attached hydrogens (tertiary/aromatic N) is 1. The molecule has 0 saturated heterocycles. The number of rotatable bonds is 4. The lowest BCUT2D eigenvalue weighted by atomic mass is 10.0. The largest absolute Gasteiger partial charge is 0.382 e. The summed E-state index contributed by atoms with van der Waals surface area (Å²) in [5.41, 5.74) is 2.70. The Labute approximate surface area is 139 Å². The summed E-state index contributed by atoms with van der Waals surface area (Å²) < 4.78 is 0. The van der Waals surface area contributed by atoms with Crippen LogP contribution in [0, 0.1) is 0 Å². The summed E-state index contributed by atoms with van der Waals surface area (Å²) in [4.78, 5) is 29.2. The summed E-state index contributed by atoms with van der Waals surface area (Å²) in [5.74, 6) is -0.503. The molecule has 0 aliphatic carbocycles. The van der Waals surface area contributed by atoms with Gasteiger partial charge in [0.2, 0.25) is 6.10 Å². The SMILES string of the molecule is CNC(=O)c1cccc(NC(=O)C2CC(c3ccccc3)=NO2)c1. The number of benzene rings is 2. The maximum absolute atomic E-state index is 12.3. The van der Waals surface area contributed by atoms with Crippen molar-refractivity contribution in [3.63, 3.8) is 0 Å². The fourth-order valence-corrected chi connectivity index (χ4v) is 2.42. The molecule has 2 aromatic carbocycles. The van der Waals surface area contributed by atoms with Crippen molar-refractivity contribution in [3.05, 3.63) is 65.7 Å². The molecule has 0 spiro atoms. The minimum absolute atomic E-state index is 0.210. The molecule has 2 amide bonds. The molecule has 1 aliphatic rings. The van der Waals surface area contributed by atoms with E-state index in [-0.39, 0.29) is 11.8 Å². The van der Waals surface area contributed by atoms with Crippen molar-refractivity contribution in [2.75, 3.05) is 12.4 Å². The first-order chi connectivity index (χ1) is 11.7. The van der Waals surface area contributed by atoms with E-state index in [1.54, 1.807) is 31.3 Å². The number of oxime groups is 1. The molecule has 0 radical (unpaired) electrons. The molecule has 3 rings (SSSR count). The molecule has 6 heteroatoms. The predicted octanol–water partition coefficient (Wildman–Crippen LogP) is 2.18. The Balaban J connectivity index is 1.64. The van der Waals surface area contributed by atoms with Gasteiger partial charge in [0.25, 0.3) is 11.8 Å². The lowest BCUT2D eigenvalue weighted by Gasteiger charge is -2.10. The minimum atomic E-state index is -0.677. The highest BCUT2D eigenvalue weighted by Gasteiger charge is 2.28. The second-order valence-electron chi connectivity index (χ2n) is 5.35. The van der Waals surface area contributed by atoms with Crippen LogP contribution in [-0.4, -0.2) is 30.7 Å². The maximum Gasteiger partial charge on any atom is 0.268 e. The van der Waals surface area contributed by atoms with Gasteiger partial charge in [-0.3, -0.25) is 9.59 Å². The van der Waals surface area contributed by atoms with Crippen LogP contribution in [0.1, 0.15) is 22.3 Å². The number of carbonyl (C=O) groups excluding carboxylic acids is 2. The first-order valence-corrected chi connectivity index (χ1v) is 7.58. The standard InChI is InChI=1S/C18H17N3O3/c1-19-17(22)13-8-5-9-14(10-13)20-18(23)16-11-15(21-24-16)12-6-3-2-4-7-12/h2-10,16H,11H2,1H3,(H,19,22)(H,20,23). The predicted molar refractivity (Wildman–Crippen MR) is 90.9 cm³/mol. The van der Waals surface area contributed by atoms with E-state index in [4.69, 9.17) is 4.84 Å². The van der Waals surface area contributed by atoms with Crippen LogP contribution < -0.4 is 10.6 Å². The minimum Gasteiger partial charge on any atom is -0.382 e. The first-order valence-electron chi connectivity index (χ1n) is 7.58. The van der Waals surface area contributed by atoms with Crippen molar-refractivity contribution >= 4 is 23.2 Å². The average Bonchev–Trinajstić information content (AvgIpc) is 3.12. The monoisotopic (exact) mass is 323 g/mol. The molecule has 0 saturated carbocycles. The van der Waals surface area contributed by atoms with Gasteiger partial charge in [-0.15, -0.1) is 0 Å². The molecular weight excluding hydrogens is 306 g/mol. The van der Waals surface area contributed by atoms with Gasteiger partial charge < -0.3 is 15.5 Å². The number of amides is 2. The molecule has 0 aromatic heterocycles. The highest BCUT2D eigenvalue weighted by atomic mass is 16.6. The van der Waals surface area contributed by atoms with Gasteiger partial charge in [0, 0.05) is 24.7 Å². The van der Waals surface area contributed by atoms with Crippen molar-refractivity contribution in [2.24, 2.45) is 5.16 Å². The Morgan fingerprint density at radius 3 is 2.67 bits per heavy atom. The Morgan fingerprint density at radius 2 is 1.92 bits per heavy atom. The zero-order valence-corrected chi connectivity index (χ0v) is 13.2. The highest BCUT2D eigenvalue weighted by Crippen LogP contribution is 2.19. The van der Waals surface area contributed by atoms with E-state index in [2.05, 4.69) is 15.8 Å². The summed E-state index contributed by atoms with van der Waals surface area (Å²) in [5, 5.41) is 9.30. The van der Waals surface area contributed by atoms with E-state index in [1.807, 2.05) is 30.3 Å². The normalized spacial score (nSPS) is 16.0. The topological polar surface area (TPSA) is 79.8 Å². The van der Waals surface area contributed by atoms with E-state index < -0.39 is 6.10 Å². The van der Waals surface area contributed by atoms with Gasteiger partial charge >= 0.3 is 0 Å². The van der Waals surface area contributed by atoms with Crippen LogP contribution in [0.4, 0.5) is 5.69 Å². The van der Waals surface area contributed by atoms with Gasteiger partial charge in [0.15, 0.2) is 0 Å². The Kier molecular flexibility index (Phi) is 4.56. The van der Waals surface area contributed by atoms with Crippen LogP contribution in [-0.2, 0) is 9.63 Å². The van der Waals surface area contributed by atoms with Crippen LogP contribution in [0.5, 0.6) is 0 Å². The van der Waals surface area contributed by atoms with Gasteiger partial charge in [0.05, 0.1) is 5.71 Å². The number of hydrogen-bond donors (Lipinski definition) is 2. The summed E-state index contributed by atoms with van der Waals surface area (Å²) in [6.07, 6.45) is -0.269. The Morgan fingerprint density at radius 1 is 1.12 bits per heavy atom. The van der Waals surface area contributed by atoms with E-state index in [0.29, 0.717) is 17.7 Å². The lowest BCUT2D eigenvalue weighted by Crippen LogP contribution is -2.28. The van der Waals surface area contributed by atoms with Crippen molar-refractivity contribution in [2.45, 2.75) is 12.5 Å². The molecule has 24 heavy (non-hydrogen) atoms. The van der Waals surface area contributed by atoms with Crippen LogP contribution in [0.3, 0.4) is 0 Å². The van der Waals surface area contributed by atoms with Gasteiger partial charge in [-0.05, 0) is 23.8 Å². The van der Waals surface area contributed by atoms with Crippen molar-refractivity contribution in [1.29, 1.82) is 0 Å². The van der Waals surface area contributed by atoms with E-state index in [9.17, 15) is 9.59 Å².